The number of nitrogens with zero attached hydrogens (tertiary/aromatic N) is 2. The number of amides is 3. The number of nitrogens with one attached hydrogen (secondary N) is 1. The molecule has 1 heterocycles. The number of rotatable bonds is 2. The molecule has 1 aliphatic rings. The van der Waals surface area contributed by atoms with E-state index in [0.717, 1.165) is 17.7 Å². The SMILES string of the molecule is CCc1ccccc1NC(=O)N1CCN(C(C)=O)CC1. The predicted octanol–water partition coefficient (Wildman–Crippen LogP) is 1.94. The van der Waals surface area contributed by atoms with Crippen LogP contribution in [0.25, 0.3) is 0 Å². The summed E-state index contributed by atoms with van der Waals surface area (Å²) in [5, 5.41) is 2.96. The normalized spacial score (nSPS) is 15.1. The zero-order valence-electron chi connectivity index (χ0n) is 12.1. The molecule has 5 heteroatoms. The van der Waals surface area contributed by atoms with Gasteiger partial charge in [0, 0.05) is 38.8 Å². The van der Waals surface area contributed by atoms with Crippen molar-refractivity contribution < 1.29 is 9.59 Å². The van der Waals surface area contributed by atoms with Crippen LogP contribution in [-0.2, 0) is 11.2 Å². The van der Waals surface area contributed by atoms with Crippen LogP contribution in [0.2, 0.25) is 0 Å². The fourth-order valence-corrected chi connectivity index (χ4v) is 2.37. The van der Waals surface area contributed by atoms with E-state index in [1.165, 1.54) is 0 Å². The summed E-state index contributed by atoms with van der Waals surface area (Å²) in [6.45, 7) is 6.01. The zero-order valence-corrected chi connectivity index (χ0v) is 12.1. The topological polar surface area (TPSA) is 52.7 Å². The van der Waals surface area contributed by atoms with Crippen molar-refractivity contribution in [1.82, 2.24) is 9.80 Å². The van der Waals surface area contributed by atoms with Gasteiger partial charge in [0.25, 0.3) is 0 Å². The highest BCUT2D eigenvalue weighted by Gasteiger charge is 2.22. The summed E-state index contributed by atoms with van der Waals surface area (Å²) in [5.74, 6) is 0.0707. The molecule has 0 saturated carbocycles. The lowest BCUT2D eigenvalue weighted by Gasteiger charge is -2.34. The van der Waals surface area contributed by atoms with Crippen LogP contribution in [-0.4, -0.2) is 47.9 Å². The van der Waals surface area contributed by atoms with E-state index in [1.54, 1.807) is 16.7 Å². The van der Waals surface area contributed by atoms with Crippen LogP contribution >= 0.6 is 0 Å². The Kier molecular flexibility index (Phi) is 4.61. The van der Waals surface area contributed by atoms with Crippen LogP contribution in [0.5, 0.6) is 0 Å². The third-order valence-corrected chi connectivity index (χ3v) is 3.65. The first kappa shape index (κ1) is 14.4. The average molecular weight is 275 g/mol. The van der Waals surface area contributed by atoms with Gasteiger partial charge in [0.15, 0.2) is 0 Å². The summed E-state index contributed by atoms with van der Waals surface area (Å²) in [5.41, 5.74) is 2.00. The summed E-state index contributed by atoms with van der Waals surface area (Å²) in [4.78, 5) is 27.0. The lowest BCUT2D eigenvalue weighted by Crippen LogP contribution is -2.51. The van der Waals surface area contributed by atoms with E-state index < -0.39 is 0 Å². The van der Waals surface area contributed by atoms with Crippen LogP contribution in [0.3, 0.4) is 0 Å². The van der Waals surface area contributed by atoms with Gasteiger partial charge in [-0.05, 0) is 18.1 Å². The number of hydrogen-bond acceptors (Lipinski definition) is 2. The van der Waals surface area contributed by atoms with Gasteiger partial charge in [0.05, 0.1) is 0 Å². The largest absolute Gasteiger partial charge is 0.339 e. The Bertz CT molecular complexity index is 494. The Morgan fingerprint density at radius 2 is 1.70 bits per heavy atom. The molecular weight excluding hydrogens is 254 g/mol. The third-order valence-electron chi connectivity index (χ3n) is 3.65. The number of carbonyl (C=O) groups is 2. The van der Waals surface area contributed by atoms with Gasteiger partial charge >= 0.3 is 6.03 Å². The molecule has 20 heavy (non-hydrogen) atoms. The molecule has 0 bridgehead atoms. The number of anilines is 1. The van der Waals surface area contributed by atoms with Crippen molar-refractivity contribution in [3.63, 3.8) is 0 Å². The van der Waals surface area contributed by atoms with Crippen LogP contribution in [0.15, 0.2) is 24.3 Å². The molecule has 1 aromatic carbocycles. The zero-order chi connectivity index (χ0) is 14.5. The first-order valence-corrected chi connectivity index (χ1v) is 7.01. The van der Waals surface area contributed by atoms with E-state index in [4.69, 9.17) is 0 Å². The highest BCUT2D eigenvalue weighted by molar-refractivity contribution is 5.90. The molecular formula is C15H21N3O2. The number of urea groups is 1. The first-order valence-electron chi connectivity index (χ1n) is 7.01. The van der Waals surface area contributed by atoms with Gasteiger partial charge in [-0.3, -0.25) is 4.79 Å². The Morgan fingerprint density at radius 3 is 2.30 bits per heavy atom. The second-order valence-corrected chi connectivity index (χ2v) is 4.93. The van der Waals surface area contributed by atoms with Crippen LogP contribution in [0, 0.1) is 0 Å². The number of benzene rings is 1. The number of piperazine rings is 1. The van der Waals surface area contributed by atoms with Crippen molar-refractivity contribution in [2.45, 2.75) is 20.3 Å². The lowest BCUT2D eigenvalue weighted by molar-refractivity contribution is -0.130. The molecule has 2 rings (SSSR count). The van der Waals surface area contributed by atoms with Crippen LogP contribution in [0.1, 0.15) is 19.4 Å². The maximum atomic E-state index is 12.2. The van der Waals surface area contributed by atoms with Gasteiger partial charge in [0.2, 0.25) is 5.91 Å². The molecule has 0 unspecified atom stereocenters. The maximum absolute atomic E-state index is 12.2. The number of carbonyl (C=O) groups excluding carboxylic acids is 2. The van der Waals surface area contributed by atoms with Crippen molar-refractivity contribution in [3.05, 3.63) is 29.8 Å². The van der Waals surface area contributed by atoms with Gasteiger partial charge in [-0.2, -0.15) is 0 Å². The summed E-state index contributed by atoms with van der Waals surface area (Å²) in [7, 11) is 0. The van der Waals surface area contributed by atoms with Crippen molar-refractivity contribution in [2.24, 2.45) is 0 Å². The minimum atomic E-state index is -0.0888. The summed E-state index contributed by atoms with van der Waals surface area (Å²) in [6.07, 6.45) is 0.883. The monoisotopic (exact) mass is 275 g/mol. The first-order chi connectivity index (χ1) is 9.61. The molecule has 0 aromatic heterocycles. The Morgan fingerprint density at radius 1 is 1.10 bits per heavy atom. The maximum Gasteiger partial charge on any atom is 0.321 e. The van der Waals surface area contributed by atoms with Gasteiger partial charge in [0.1, 0.15) is 0 Å². The van der Waals surface area contributed by atoms with Crippen molar-refractivity contribution >= 4 is 17.6 Å². The van der Waals surface area contributed by atoms with E-state index in [2.05, 4.69) is 12.2 Å². The molecule has 0 spiro atoms. The Hall–Kier alpha value is -2.04. The molecule has 0 atom stereocenters. The van der Waals surface area contributed by atoms with Crippen molar-refractivity contribution in [2.75, 3.05) is 31.5 Å². The molecule has 0 aliphatic carbocycles. The number of hydrogen-bond donors (Lipinski definition) is 1. The molecule has 108 valence electrons. The quantitative estimate of drug-likeness (QED) is 0.897. The van der Waals surface area contributed by atoms with Gasteiger partial charge < -0.3 is 15.1 Å². The second kappa shape index (κ2) is 6.41. The van der Waals surface area contributed by atoms with E-state index in [0.29, 0.717) is 26.2 Å². The van der Waals surface area contributed by atoms with Crippen molar-refractivity contribution in [1.29, 1.82) is 0 Å². The average Bonchev–Trinajstić information content (AvgIpc) is 2.48. The minimum absolute atomic E-state index is 0.0707. The van der Waals surface area contributed by atoms with Gasteiger partial charge in [-0.25, -0.2) is 4.79 Å². The molecule has 5 nitrogen and oxygen atoms in total. The van der Waals surface area contributed by atoms with Gasteiger partial charge in [-0.15, -0.1) is 0 Å². The molecule has 0 radical (unpaired) electrons. The minimum Gasteiger partial charge on any atom is -0.339 e. The third kappa shape index (κ3) is 3.29. The van der Waals surface area contributed by atoms with E-state index >= 15 is 0 Å². The predicted molar refractivity (Wildman–Crippen MR) is 78.7 cm³/mol. The number of para-hydroxylation sites is 1. The standard InChI is InChI=1S/C15H21N3O2/c1-3-13-6-4-5-7-14(13)16-15(20)18-10-8-17(9-11-18)12(2)19/h4-7H,3,8-11H2,1-2H3,(H,16,20). The van der Waals surface area contributed by atoms with E-state index in [-0.39, 0.29) is 11.9 Å². The smallest absolute Gasteiger partial charge is 0.321 e. The Labute approximate surface area is 119 Å². The van der Waals surface area contributed by atoms with Crippen LogP contribution in [0.4, 0.5) is 10.5 Å². The molecule has 3 amide bonds. The Balaban J connectivity index is 1.94. The van der Waals surface area contributed by atoms with E-state index in [9.17, 15) is 9.59 Å². The summed E-state index contributed by atoms with van der Waals surface area (Å²) < 4.78 is 0. The summed E-state index contributed by atoms with van der Waals surface area (Å²) >= 11 is 0. The molecule has 1 saturated heterocycles. The van der Waals surface area contributed by atoms with Crippen LogP contribution < -0.4 is 5.32 Å². The second-order valence-electron chi connectivity index (χ2n) is 4.93. The fraction of sp³-hybridized carbons (Fsp3) is 0.467. The van der Waals surface area contributed by atoms with Crippen molar-refractivity contribution in [3.8, 4) is 0 Å². The lowest BCUT2D eigenvalue weighted by atomic mass is 10.1. The van der Waals surface area contributed by atoms with E-state index in [1.807, 2.05) is 24.3 Å². The molecule has 1 N–H and O–H groups in total. The van der Waals surface area contributed by atoms with Gasteiger partial charge in [-0.1, -0.05) is 25.1 Å². The summed E-state index contributed by atoms with van der Waals surface area (Å²) in [6, 6.07) is 7.74. The highest BCUT2D eigenvalue weighted by atomic mass is 16.2. The molecule has 1 aliphatic heterocycles. The highest BCUT2D eigenvalue weighted by Crippen LogP contribution is 2.16. The molecule has 1 aromatic rings. The number of aryl methyl sites for hydroxylation is 1. The molecule has 1 fully saturated rings. The fourth-order valence-electron chi connectivity index (χ4n) is 2.37.